The minimum absolute atomic E-state index is 0.0512. The van der Waals surface area contributed by atoms with Crippen LogP contribution in [0.4, 0.5) is 10.6 Å². The third-order valence-corrected chi connectivity index (χ3v) is 6.11. The first kappa shape index (κ1) is 23.2. The molecule has 2 fully saturated rings. The molecule has 4 N–H and O–H groups in total. The first-order chi connectivity index (χ1) is 16.0. The molecule has 3 heterocycles. The van der Waals surface area contributed by atoms with Crippen molar-refractivity contribution >= 4 is 11.8 Å². The van der Waals surface area contributed by atoms with Crippen LogP contribution in [-0.2, 0) is 0 Å². The van der Waals surface area contributed by atoms with Crippen molar-refractivity contribution in [2.24, 2.45) is 11.7 Å². The van der Waals surface area contributed by atoms with Crippen LogP contribution in [0.25, 0.3) is 5.69 Å². The monoisotopic (exact) mass is 455 g/mol. The van der Waals surface area contributed by atoms with E-state index in [1.165, 1.54) is 4.57 Å². The number of aromatic nitrogens is 2. The van der Waals surface area contributed by atoms with E-state index < -0.39 is 5.69 Å². The van der Waals surface area contributed by atoms with Gasteiger partial charge in [0.1, 0.15) is 17.7 Å². The SMILES string of the molecule is CC(CN1CC[C@H](CN)C1)Oc1ccc(-n2ccc(NC(=O)N3CCNCC3)nc2=O)cc1. The predicted molar refractivity (Wildman–Crippen MR) is 127 cm³/mol. The van der Waals surface area contributed by atoms with E-state index in [9.17, 15) is 9.59 Å². The molecule has 2 atom stereocenters. The zero-order valence-corrected chi connectivity index (χ0v) is 19.1. The topological polar surface area (TPSA) is 118 Å². The standard InChI is InChI=1S/C23H33N7O3/c1-17(15-28-10-6-18(14-24)16-28)33-20-4-2-19(3-5-20)30-11-7-21(27-23(30)32)26-22(31)29-12-8-25-9-13-29/h2-5,7,11,17-18,25H,6,8-10,12-16,24H2,1H3,(H,26,27,31,32)/t17?,18-/m1/s1. The Balaban J connectivity index is 1.33. The smallest absolute Gasteiger partial charge is 0.354 e. The van der Waals surface area contributed by atoms with Gasteiger partial charge in [-0.3, -0.25) is 14.8 Å². The summed E-state index contributed by atoms with van der Waals surface area (Å²) in [6.45, 7) is 8.53. The zero-order chi connectivity index (χ0) is 23.2. The summed E-state index contributed by atoms with van der Waals surface area (Å²) in [6, 6.07) is 8.73. The minimum atomic E-state index is -0.460. The maximum Gasteiger partial charge on any atom is 0.354 e. The van der Waals surface area contributed by atoms with Gasteiger partial charge in [0.2, 0.25) is 0 Å². The Morgan fingerprint density at radius 2 is 2.00 bits per heavy atom. The van der Waals surface area contributed by atoms with E-state index in [2.05, 4.69) is 27.4 Å². The number of rotatable bonds is 7. The Kier molecular flexibility index (Phi) is 7.58. The van der Waals surface area contributed by atoms with Crippen LogP contribution in [0.3, 0.4) is 0 Å². The number of likely N-dealkylation sites (tertiary alicyclic amines) is 1. The molecule has 10 heteroatoms. The maximum atomic E-state index is 12.5. The van der Waals surface area contributed by atoms with Crippen LogP contribution in [0.5, 0.6) is 5.75 Å². The number of nitrogens with two attached hydrogens (primary N) is 1. The van der Waals surface area contributed by atoms with Gasteiger partial charge in [0.15, 0.2) is 0 Å². The number of ether oxygens (including phenoxy) is 1. The number of nitrogens with zero attached hydrogens (tertiary/aromatic N) is 4. The van der Waals surface area contributed by atoms with Gasteiger partial charge in [0.05, 0.1) is 5.69 Å². The van der Waals surface area contributed by atoms with Crippen molar-refractivity contribution in [3.05, 3.63) is 47.0 Å². The second-order valence-corrected chi connectivity index (χ2v) is 8.70. The van der Waals surface area contributed by atoms with E-state index in [-0.39, 0.29) is 18.0 Å². The fourth-order valence-electron chi connectivity index (χ4n) is 4.32. The average molecular weight is 456 g/mol. The number of carbonyl (C=O) groups excluding carboxylic acids is 1. The van der Waals surface area contributed by atoms with Crippen molar-refractivity contribution in [3.8, 4) is 11.4 Å². The van der Waals surface area contributed by atoms with Crippen molar-refractivity contribution in [1.29, 1.82) is 0 Å². The van der Waals surface area contributed by atoms with Gasteiger partial charge in [-0.1, -0.05) is 0 Å². The van der Waals surface area contributed by atoms with Crippen molar-refractivity contribution < 1.29 is 9.53 Å². The quantitative estimate of drug-likeness (QED) is 0.563. The molecule has 4 rings (SSSR count). The normalized spacial score (nSPS) is 19.9. The summed E-state index contributed by atoms with van der Waals surface area (Å²) in [5, 5.41) is 5.90. The average Bonchev–Trinajstić information content (AvgIpc) is 3.28. The molecule has 0 spiro atoms. The molecule has 178 valence electrons. The van der Waals surface area contributed by atoms with Gasteiger partial charge in [-0.05, 0) is 62.7 Å². The lowest BCUT2D eigenvalue weighted by Gasteiger charge is -2.27. The van der Waals surface area contributed by atoms with Crippen LogP contribution < -0.4 is 26.8 Å². The molecule has 2 aromatic rings. The Hall–Kier alpha value is -2.95. The molecule has 0 bridgehead atoms. The molecule has 33 heavy (non-hydrogen) atoms. The lowest BCUT2D eigenvalue weighted by Crippen LogP contribution is -2.48. The first-order valence-corrected chi connectivity index (χ1v) is 11.6. The molecule has 0 aliphatic carbocycles. The van der Waals surface area contributed by atoms with Crippen LogP contribution >= 0.6 is 0 Å². The summed E-state index contributed by atoms with van der Waals surface area (Å²) in [5.74, 6) is 1.58. The van der Waals surface area contributed by atoms with Crippen LogP contribution in [0, 0.1) is 5.92 Å². The summed E-state index contributed by atoms with van der Waals surface area (Å²) >= 11 is 0. The Morgan fingerprint density at radius 3 is 2.67 bits per heavy atom. The first-order valence-electron chi connectivity index (χ1n) is 11.6. The number of nitrogens with one attached hydrogen (secondary N) is 2. The molecular formula is C23H33N7O3. The maximum absolute atomic E-state index is 12.5. The summed E-state index contributed by atoms with van der Waals surface area (Å²) in [7, 11) is 0. The molecule has 0 saturated carbocycles. The highest BCUT2D eigenvalue weighted by Gasteiger charge is 2.23. The van der Waals surface area contributed by atoms with E-state index in [4.69, 9.17) is 10.5 Å². The highest BCUT2D eigenvalue weighted by atomic mass is 16.5. The van der Waals surface area contributed by atoms with E-state index in [0.717, 1.165) is 51.4 Å². The Labute approximate surface area is 193 Å². The molecule has 0 radical (unpaired) electrons. The highest BCUT2D eigenvalue weighted by molar-refractivity contribution is 5.88. The van der Waals surface area contributed by atoms with E-state index >= 15 is 0 Å². The van der Waals surface area contributed by atoms with Gasteiger partial charge in [-0.25, -0.2) is 9.59 Å². The number of amides is 2. The van der Waals surface area contributed by atoms with E-state index in [1.807, 2.05) is 24.3 Å². The third-order valence-electron chi connectivity index (χ3n) is 6.11. The molecule has 2 aliphatic rings. The summed E-state index contributed by atoms with van der Waals surface area (Å²) in [6.07, 6.45) is 2.82. The summed E-state index contributed by atoms with van der Waals surface area (Å²) < 4.78 is 7.49. The molecule has 1 aromatic carbocycles. The number of carbonyl (C=O) groups is 1. The number of urea groups is 1. The van der Waals surface area contributed by atoms with Gasteiger partial charge in [0, 0.05) is 45.5 Å². The lowest BCUT2D eigenvalue weighted by molar-refractivity contribution is 0.159. The van der Waals surface area contributed by atoms with Crippen molar-refractivity contribution in [2.75, 3.05) is 57.7 Å². The van der Waals surface area contributed by atoms with Crippen molar-refractivity contribution in [1.82, 2.24) is 24.7 Å². The molecule has 2 saturated heterocycles. The van der Waals surface area contributed by atoms with E-state index in [0.29, 0.717) is 24.7 Å². The Bertz CT molecular complexity index is 988. The molecule has 10 nitrogen and oxygen atoms in total. The summed E-state index contributed by atoms with van der Waals surface area (Å²) in [4.78, 5) is 33.0. The third kappa shape index (κ3) is 6.10. The molecular weight excluding hydrogens is 422 g/mol. The highest BCUT2D eigenvalue weighted by Crippen LogP contribution is 2.19. The van der Waals surface area contributed by atoms with Gasteiger partial charge >= 0.3 is 11.7 Å². The number of piperazine rings is 1. The van der Waals surface area contributed by atoms with Crippen LogP contribution in [0.1, 0.15) is 13.3 Å². The van der Waals surface area contributed by atoms with Gasteiger partial charge < -0.3 is 20.7 Å². The molecule has 2 amide bonds. The molecule has 1 unspecified atom stereocenters. The zero-order valence-electron chi connectivity index (χ0n) is 19.1. The van der Waals surface area contributed by atoms with Gasteiger partial charge in [0.25, 0.3) is 0 Å². The van der Waals surface area contributed by atoms with E-state index in [1.54, 1.807) is 17.2 Å². The van der Waals surface area contributed by atoms with Crippen molar-refractivity contribution in [2.45, 2.75) is 19.4 Å². The lowest BCUT2D eigenvalue weighted by atomic mass is 10.1. The van der Waals surface area contributed by atoms with Gasteiger partial charge in [-0.2, -0.15) is 4.98 Å². The van der Waals surface area contributed by atoms with Crippen LogP contribution in [0.2, 0.25) is 0 Å². The number of hydrogen-bond donors (Lipinski definition) is 3. The fourth-order valence-corrected chi connectivity index (χ4v) is 4.32. The fraction of sp³-hybridized carbons (Fsp3) is 0.522. The number of anilines is 1. The second kappa shape index (κ2) is 10.8. The number of benzene rings is 1. The van der Waals surface area contributed by atoms with Crippen LogP contribution in [-0.4, -0.2) is 83.8 Å². The van der Waals surface area contributed by atoms with Crippen LogP contribution in [0.15, 0.2) is 41.3 Å². The largest absolute Gasteiger partial charge is 0.489 e. The summed E-state index contributed by atoms with van der Waals surface area (Å²) in [5.41, 5.74) is 5.99. The Morgan fingerprint density at radius 1 is 1.24 bits per heavy atom. The van der Waals surface area contributed by atoms with Gasteiger partial charge in [-0.15, -0.1) is 0 Å². The predicted octanol–water partition coefficient (Wildman–Crippen LogP) is 0.718. The van der Waals surface area contributed by atoms with Crippen molar-refractivity contribution in [3.63, 3.8) is 0 Å². The molecule has 1 aromatic heterocycles. The number of hydrogen-bond acceptors (Lipinski definition) is 7. The minimum Gasteiger partial charge on any atom is -0.489 e. The second-order valence-electron chi connectivity index (χ2n) is 8.70. The molecule has 2 aliphatic heterocycles.